The molecule has 0 saturated carbocycles. The maximum Gasteiger partial charge on any atom is 0.340 e. The van der Waals surface area contributed by atoms with Crippen molar-refractivity contribution >= 4 is 39.1 Å². The summed E-state index contributed by atoms with van der Waals surface area (Å²) in [6.45, 7) is -0.491. The Morgan fingerprint density at radius 1 is 1.00 bits per heavy atom. The lowest BCUT2D eigenvalue weighted by Gasteiger charge is -2.20. The molecule has 1 heterocycles. The van der Waals surface area contributed by atoms with Gasteiger partial charge in [-0.3, -0.25) is 9.10 Å². The largest absolute Gasteiger partial charge is 0.454 e. The summed E-state index contributed by atoms with van der Waals surface area (Å²) in [5, 5.41) is -0.00292. The first-order valence-corrected chi connectivity index (χ1v) is 11.5. The second kappa shape index (κ2) is 9.13. The number of ether oxygens (including phenoxy) is 3. The number of sulfonamides is 1. The van der Waals surface area contributed by atoms with Crippen molar-refractivity contribution in [1.29, 1.82) is 0 Å². The van der Waals surface area contributed by atoms with E-state index >= 15 is 0 Å². The molecule has 1 aliphatic heterocycles. The molecule has 0 aliphatic carbocycles. The van der Waals surface area contributed by atoms with E-state index in [1.54, 1.807) is 36.4 Å². The first-order valence-electron chi connectivity index (χ1n) is 9.71. The number of Topliss-reactive ketones (excluding diaryl/α,β-unsaturated/α-hetero) is 1. The van der Waals surface area contributed by atoms with Crippen LogP contribution in [-0.4, -0.2) is 40.6 Å². The number of carbonyl (C=O) groups is 2. The van der Waals surface area contributed by atoms with E-state index in [4.69, 9.17) is 25.8 Å². The normalized spacial score (nSPS) is 12.3. The Balaban J connectivity index is 1.50. The standard InChI is InChI=1S/C23H18ClNO7S/c1-25(16-5-3-2-4-6-16)33(28,29)17-8-9-19(24)18(12-17)23(27)30-13-20(26)15-7-10-21-22(11-15)32-14-31-21/h2-12H,13-14H2,1H3. The number of carbonyl (C=O) groups excluding carboxylic acids is 2. The molecule has 3 aromatic carbocycles. The van der Waals surface area contributed by atoms with E-state index in [-0.39, 0.29) is 27.8 Å². The maximum absolute atomic E-state index is 13.0. The van der Waals surface area contributed by atoms with Crippen LogP contribution in [0.4, 0.5) is 5.69 Å². The van der Waals surface area contributed by atoms with Crippen molar-refractivity contribution in [2.24, 2.45) is 0 Å². The van der Waals surface area contributed by atoms with E-state index < -0.39 is 28.4 Å². The zero-order valence-electron chi connectivity index (χ0n) is 17.4. The van der Waals surface area contributed by atoms with Gasteiger partial charge in [-0.1, -0.05) is 29.8 Å². The monoisotopic (exact) mass is 487 g/mol. The number of rotatable bonds is 7. The van der Waals surface area contributed by atoms with Crippen LogP contribution in [0.3, 0.4) is 0 Å². The highest BCUT2D eigenvalue weighted by Gasteiger charge is 2.25. The predicted molar refractivity (Wildman–Crippen MR) is 121 cm³/mol. The van der Waals surface area contributed by atoms with E-state index in [0.29, 0.717) is 17.2 Å². The first kappa shape index (κ1) is 22.6. The third-order valence-electron chi connectivity index (χ3n) is 4.96. The number of halogens is 1. The average Bonchev–Trinajstić information content (AvgIpc) is 3.30. The quantitative estimate of drug-likeness (QED) is 0.367. The smallest absolute Gasteiger partial charge is 0.340 e. The van der Waals surface area contributed by atoms with Crippen molar-refractivity contribution in [2.45, 2.75) is 4.90 Å². The van der Waals surface area contributed by atoms with Crippen LogP contribution in [0, 0.1) is 0 Å². The predicted octanol–water partition coefficient (Wildman–Crippen LogP) is 3.93. The fourth-order valence-electron chi connectivity index (χ4n) is 3.12. The van der Waals surface area contributed by atoms with Crippen LogP contribution >= 0.6 is 11.6 Å². The zero-order valence-corrected chi connectivity index (χ0v) is 18.9. The minimum atomic E-state index is -3.97. The molecular formula is C23H18ClNO7S. The Hall–Kier alpha value is -3.56. The molecule has 0 N–H and O–H groups in total. The van der Waals surface area contributed by atoms with Crippen LogP contribution in [0.25, 0.3) is 0 Å². The molecule has 0 amide bonds. The van der Waals surface area contributed by atoms with Crippen LogP contribution < -0.4 is 13.8 Å². The van der Waals surface area contributed by atoms with Gasteiger partial charge >= 0.3 is 5.97 Å². The third kappa shape index (κ3) is 4.64. The number of ketones is 1. The number of hydrogen-bond donors (Lipinski definition) is 0. The van der Waals surface area contributed by atoms with Gasteiger partial charge in [0.2, 0.25) is 6.79 Å². The SMILES string of the molecule is CN(c1ccccc1)S(=O)(=O)c1ccc(Cl)c(C(=O)OCC(=O)c2ccc3c(c2)OCO3)c1. The molecule has 0 fully saturated rings. The van der Waals surface area contributed by atoms with Crippen LogP contribution in [0.2, 0.25) is 5.02 Å². The van der Waals surface area contributed by atoms with Gasteiger partial charge in [0.25, 0.3) is 10.0 Å². The first-order chi connectivity index (χ1) is 15.8. The summed E-state index contributed by atoms with van der Waals surface area (Å²) in [7, 11) is -2.57. The number of hydrogen-bond acceptors (Lipinski definition) is 7. The fraction of sp³-hybridized carbons (Fsp3) is 0.130. The van der Waals surface area contributed by atoms with Gasteiger partial charge < -0.3 is 14.2 Å². The molecule has 0 saturated heterocycles. The Bertz CT molecular complexity index is 1330. The van der Waals surface area contributed by atoms with Gasteiger partial charge in [0.15, 0.2) is 23.9 Å². The van der Waals surface area contributed by atoms with E-state index in [1.807, 2.05) is 0 Å². The van der Waals surface area contributed by atoms with Crippen molar-refractivity contribution < 1.29 is 32.2 Å². The molecule has 33 heavy (non-hydrogen) atoms. The highest BCUT2D eigenvalue weighted by molar-refractivity contribution is 7.92. The van der Waals surface area contributed by atoms with Gasteiger partial charge in [-0.2, -0.15) is 0 Å². The van der Waals surface area contributed by atoms with Crippen molar-refractivity contribution in [3.8, 4) is 11.5 Å². The molecule has 0 spiro atoms. The van der Waals surface area contributed by atoms with E-state index in [9.17, 15) is 18.0 Å². The number of nitrogens with zero attached hydrogens (tertiary/aromatic N) is 1. The number of anilines is 1. The second-order valence-electron chi connectivity index (χ2n) is 7.02. The Morgan fingerprint density at radius 3 is 2.48 bits per heavy atom. The van der Waals surface area contributed by atoms with E-state index in [2.05, 4.69) is 0 Å². The average molecular weight is 488 g/mol. The molecule has 0 unspecified atom stereocenters. The molecule has 3 aromatic rings. The minimum absolute atomic E-state index is 0.00292. The summed E-state index contributed by atoms with van der Waals surface area (Å²) in [5.41, 5.74) is 0.558. The van der Waals surface area contributed by atoms with Crippen LogP contribution in [0.5, 0.6) is 11.5 Å². The van der Waals surface area contributed by atoms with Gasteiger partial charge in [0, 0.05) is 12.6 Å². The molecule has 170 valence electrons. The summed E-state index contributed by atoms with van der Waals surface area (Å²) in [6.07, 6.45) is 0. The van der Waals surface area contributed by atoms with Crippen molar-refractivity contribution in [2.75, 3.05) is 24.8 Å². The van der Waals surface area contributed by atoms with E-state index in [0.717, 1.165) is 10.4 Å². The summed E-state index contributed by atoms with van der Waals surface area (Å²) in [4.78, 5) is 24.9. The maximum atomic E-state index is 13.0. The molecular weight excluding hydrogens is 470 g/mol. The topological polar surface area (TPSA) is 99.2 Å². The van der Waals surface area contributed by atoms with E-state index in [1.165, 1.54) is 31.3 Å². The summed E-state index contributed by atoms with van der Waals surface area (Å²) >= 11 is 6.11. The molecule has 1 aliphatic rings. The zero-order chi connectivity index (χ0) is 23.6. The van der Waals surface area contributed by atoms with Gasteiger partial charge in [-0.15, -0.1) is 0 Å². The van der Waals surface area contributed by atoms with Gasteiger partial charge in [0.05, 0.1) is 21.2 Å². The van der Waals surface area contributed by atoms with Crippen molar-refractivity contribution in [3.63, 3.8) is 0 Å². The van der Waals surface area contributed by atoms with Gasteiger partial charge in [-0.05, 0) is 48.5 Å². The van der Waals surface area contributed by atoms with Gasteiger partial charge in [-0.25, -0.2) is 13.2 Å². The Kier molecular flexibility index (Phi) is 6.26. The molecule has 4 rings (SSSR count). The van der Waals surface area contributed by atoms with Crippen LogP contribution in [0.1, 0.15) is 20.7 Å². The number of fused-ring (bicyclic) bond motifs is 1. The number of esters is 1. The van der Waals surface area contributed by atoms with Crippen LogP contribution in [0.15, 0.2) is 71.6 Å². The summed E-state index contributed by atoms with van der Waals surface area (Å²) in [5.74, 6) is -0.441. The molecule has 0 aromatic heterocycles. The highest BCUT2D eigenvalue weighted by Crippen LogP contribution is 2.32. The summed E-state index contributed by atoms with van der Waals surface area (Å²) < 4.78 is 42.7. The lowest BCUT2D eigenvalue weighted by atomic mass is 10.1. The minimum Gasteiger partial charge on any atom is -0.454 e. The lowest BCUT2D eigenvalue weighted by Crippen LogP contribution is -2.26. The molecule has 0 atom stereocenters. The summed E-state index contributed by atoms with van der Waals surface area (Å²) in [6, 6.07) is 16.8. The second-order valence-corrected chi connectivity index (χ2v) is 9.39. The third-order valence-corrected chi connectivity index (χ3v) is 7.08. The molecule has 0 bridgehead atoms. The molecule has 10 heteroatoms. The molecule has 8 nitrogen and oxygen atoms in total. The lowest BCUT2D eigenvalue weighted by molar-refractivity contribution is 0.0474. The van der Waals surface area contributed by atoms with Gasteiger partial charge in [0.1, 0.15) is 0 Å². The Morgan fingerprint density at radius 2 is 1.73 bits per heavy atom. The van der Waals surface area contributed by atoms with Crippen molar-refractivity contribution in [1.82, 2.24) is 0 Å². The molecule has 0 radical (unpaired) electrons. The highest BCUT2D eigenvalue weighted by atomic mass is 35.5. The fourth-order valence-corrected chi connectivity index (χ4v) is 4.54. The number of para-hydroxylation sites is 1. The number of benzene rings is 3. The Labute approximate surface area is 195 Å². The van der Waals surface area contributed by atoms with Crippen LogP contribution in [-0.2, 0) is 14.8 Å². The van der Waals surface area contributed by atoms with Crippen molar-refractivity contribution in [3.05, 3.63) is 82.9 Å².